The average Bonchev–Trinajstić information content (AvgIpc) is 3.06. The van der Waals surface area contributed by atoms with Crippen LogP contribution in [0.1, 0.15) is 47.9 Å². The SMILES string of the molecule is C=C(C1C=C(C)c2ccccc21)C1C=C(C)c2ccccc21. The number of benzene rings is 2. The molecule has 2 unspecified atom stereocenters. The van der Waals surface area contributed by atoms with Gasteiger partial charge in [-0.2, -0.15) is 0 Å². The molecule has 0 heterocycles. The zero-order chi connectivity index (χ0) is 15.3. The van der Waals surface area contributed by atoms with Crippen molar-refractivity contribution < 1.29 is 0 Å². The van der Waals surface area contributed by atoms with Crippen LogP contribution in [-0.2, 0) is 0 Å². The van der Waals surface area contributed by atoms with E-state index in [1.54, 1.807) is 0 Å². The smallest absolute Gasteiger partial charge is 0.0246 e. The van der Waals surface area contributed by atoms with Crippen LogP contribution in [0.2, 0.25) is 0 Å². The third-order valence-corrected chi connectivity index (χ3v) is 5.07. The predicted molar refractivity (Wildman–Crippen MR) is 94.8 cm³/mol. The zero-order valence-corrected chi connectivity index (χ0v) is 13.1. The minimum absolute atomic E-state index is 0.330. The van der Waals surface area contributed by atoms with Gasteiger partial charge in [0.05, 0.1) is 0 Å². The zero-order valence-electron chi connectivity index (χ0n) is 13.1. The van der Waals surface area contributed by atoms with E-state index < -0.39 is 0 Å². The summed E-state index contributed by atoms with van der Waals surface area (Å²) in [7, 11) is 0. The van der Waals surface area contributed by atoms with Gasteiger partial charge >= 0.3 is 0 Å². The van der Waals surface area contributed by atoms with Gasteiger partial charge in [0.15, 0.2) is 0 Å². The molecule has 0 amide bonds. The normalized spacial score (nSPS) is 21.9. The van der Waals surface area contributed by atoms with Gasteiger partial charge in [-0.05, 0) is 47.2 Å². The first-order valence-electron chi connectivity index (χ1n) is 7.91. The Morgan fingerprint density at radius 3 is 1.59 bits per heavy atom. The summed E-state index contributed by atoms with van der Waals surface area (Å²) < 4.78 is 0. The summed E-state index contributed by atoms with van der Waals surface area (Å²) in [5.41, 5.74) is 9.58. The van der Waals surface area contributed by atoms with Crippen molar-refractivity contribution in [2.75, 3.05) is 0 Å². The van der Waals surface area contributed by atoms with Gasteiger partial charge in [-0.3, -0.25) is 0 Å². The topological polar surface area (TPSA) is 0 Å². The van der Waals surface area contributed by atoms with Crippen LogP contribution in [-0.4, -0.2) is 0 Å². The summed E-state index contributed by atoms with van der Waals surface area (Å²) in [5.74, 6) is 0.660. The molecule has 0 aliphatic heterocycles. The lowest BCUT2D eigenvalue weighted by Crippen LogP contribution is -2.05. The largest absolute Gasteiger partial charge is 0.0980 e. The van der Waals surface area contributed by atoms with Crippen LogP contribution >= 0.6 is 0 Å². The third-order valence-electron chi connectivity index (χ3n) is 5.07. The lowest BCUT2D eigenvalue weighted by molar-refractivity contribution is 0.884. The molecule has 0 N–H and O–H groups in total. The van der Waals surface area contributed by atoms with E-state index >= 15 is 0 Å². The van der Waals surface area contributed by atoms with Crippen LogP contribution in [0.25, 0.3) is 11.1 Å². The Hall–Kier alpha value is -2.34. The van der Waals surface area contributed by atoms with E-state index in [-0.39, 0.29) is 0 Å². The second-order valence-corrected chi connectivity index (χ2v) is 6.40. The third kappa shape index (κ3) is 1.84. The standard InChI is InChI=1S/C22H20/c1-14-12-21(19-10-6-4-8-17(14)19)16(3)22-13-15(2)18-9-5-7-11-20(18)22/h4-13,21-22H,3H2,1-2H3. The molecule has 0 radical (unpaired) electrons. The number of rotatable bonds is 2. The van der Waals surface area contributed by atoms with Crippen molar-refractivity contribution in [3.8, 4) is 0 Å². The molecule has 0 saturated heterocycles. The van der Waals surface area contributed by atoms with Crippen molar-refractivity contribution >= 4 is 11.1 Å². The second kappa shape index (κ2) is 4.84. The van der Waals surface area contributed by atoms with Crippen LogP contribution in [0.5, 0.6) is 0 Å². The van der Waals surface area contributed by atoms with E-state index in [4.69, 9.17) is 0 Å². The van der Waals surface area contributed by atoms with Gasteiger partial charge in [-0.15, -0.1) is 0 Å². The molecule has 0 saturated carbocycles. The molecular weight excluding hydrogens is 264 g/mol. The van der Waals surface area contributed by atoms with E-state index in [1.165, 1.54) is 39.0 Å². The molecule has 4 rings (SSSR count). The van der Waals surface area contributed by atoms with Crippen LogP contribution < -0.4 is 0 Å². The van der Waals surface area contributed by atoms with Gasteiger partial charge in [-0.25, -0.2) is 0 Å². The number of hydrogen-bond acceptors (Lipinski definition) is 0. The fourth-order valence-corrected chi connectivity index (χ4v) is 3.92. The number of allylic oxidation sites excluding steroid dienone is 5. The quantitative estimate of drug-likeness (QED) is 0.598. The Labute approximate surface area is 132 Å². The van der Waals surface area contributed by atoms with Gasteiger partial charge in [0.1, 0.15) is 0 Å². The van der Waals surface area contributed by atoms with Crippen LogP contribution in [0, 0.1) is 0 Å². The Morgan fingerprint density at radius 2 is 1.14 bits per heavy atom. The molecule has 2 aliphatic rings. The predicted octanol–water partition coefficient (Wildman–Crippen LogP) is 5.94. The number of hydrogen-bond donors (Lipinski definition) is 0. The van der Waals surface area contributed by atoms with Crippen molar-refractivity contribution in [2.24, 2.45) is 0 Å². The molecule has 108 valence electrons. The summed E-state index contributed by atoms with van der Waals surface area (Å²) in [6.45, 7) is 8.90. The maximum Gasteiger partial charge on any atom is 0.0246 e. The fraction of sp³-hybridized carbons (Fsp3) is 0.182. The highest BCUT2D eigenvalue weighted by atomic mass is 14.3. The minimum atomic E-state index is 0.330. The molecule has 2 aliphatic carbocycles. The Bertz CT molecular complexity index is 763. The summed E-state index contributed by atoms with van der Waals surface area (Å²) >= 11 is 0. The van der Waals surface area contributed by atoms with E-state index in [2.05, 4.69) is 81.1 Å². The van der Waals surface area contributed by atoms with E-state index in [9.17, 15) is 0 Å². The van der Waals surface area contributed by atoms with E-state index in [0.717, 1.165) is 0 Å². The maximum absolute atomic E-state index is 4.50. The summed E-state index contributed by atoms with van der Waals surface area (Å²) in [6, 6.07) is 17.4. The summed E-state index contributed by atoms with van der Waals surface area (Å²) in [5, 5.41) is 0. The molecule has 0 aromatic heterocycles. The van der Waals surface area contributed by atoms with Crippen molar-refractivity contribution in [1.82, 2.24) is 0 Å². The molecule has 2 aromatic carbocycles. The van der Waals surface area contributed by atoms with Crippen molar-refractivity contribution in [1.29, 1.82) is 0 Å². The van der Waals surface area contributed by atoms with Crippen molar-refractivity contribution in [3.05, 3.63) is 95.1 Å². The molecule has 22 heavy (non-hydrogen) atoms. The monoisotopic (exact) mass is 284 g/mol. The summed E-state index contributed by atoms with van der Waals surface area (Å²) in [4.78, 5) is 0. The first-order valence-corrected chi connectivity index (χ1v) is 7.91. The van der Waals surface area contributed by atoms with Crippen LogP contribution in [0.15, 0.2) is 72.8 Å². The highest BCUT2D eigenvalue weighted by molar-refractivity contribution is 5.78. The minimum Gasteiger partial charge on any atom is -0.0980 e. The van der Waals surface area contributed by atoms with Crippen LogP contribution in [0.4, 0.5) is 0 Å². The molecule has 2 aromatic rings. The van der Waals surface area contributed by atoms with Gasteiger partial charge in [0, 0.05) is 11.8 Å². The highest BCUT2D eigenvalue weighted by Gasteiger charge is 2.30. The number of fused-ring (bicyclic) bond motifs is 2. The fourth-order valence-electron chi connectivity index (χ4n) is 3.92. The first kappa shape index (κ1) is 13.3. The van der Waals surface area contributed by atoms with Crippen molar-refractivity contribution in [2.45, 2.75) is 25.7 Å². The van der Waals surface area contributed by atoms with Crippen LogP contribution in [0.3, 0.4) is 0 Å². The Morgan fingerprint density at radius 1 is 0.727 bits per heavy atom. The van der Waals surface area contributed by atoms with E-state index in [1.807, 2.05) is 0 Å². The molecule has 0 nitrogen and oxygen atoms in total. The molecule has 0 bridgehead atoms. The lowest BCUT2D eigenvalue weighted by atomic mass is 9.83. The Balaban J connectivity index is 1.76. The molecule has 0 spiro atoms. The van der Waals surface area contributed by atoms with Gasteiger partial charge in [0.2, 0.25) is 0 Å². The first-order chi connectivity index (χ1) is 10.7. The maximum atomic E-state index is 4.50. The summed E-state index contributed by atoms with van der Waals surface area (Å²) in [6.07, 6.45) is 4.74. The Kier molecular flexibility index (Phi) is 2.94. The van der Waals surface area contributed by atoms with Gasteiger partial charge in [0.25, 0.3) is 0 Å². The van der Waals surface area contributed by atoms with Crippen molar-refractivity contribution in [3.63, 3.8) is 0 Å². The highest BCUT2D eigenvalue weighted by Crippen LogP contribution is 2.47. The average molecular weight is 284 g/mol. The van der Waals surface area contributed by atoms with Gasteiger partial charge < -0.3 is 0 Å². The molecule has 0 heteroatoms. The second-order valence-electron chi connectivity index (χ2n) is 6.40. The molecule has 0 fully saturated rings. The molecular formula is C22H20. The van der Waals surface area contributed by atoms with Gasteiger partial charge in [-0.1, -0.05) is 72.8 Å². The van der Waals surface area contributed by atoms with E-state index in [0.29, 0.717) is 11.8 Å². The lowest BCUT2D eigenvalue weighted by Gasteiger charge is -2.20. The molecule has 2 atom stereocenters.